The number of sulfonamides is 1. The molecule has 1 aliphatic rings. The van der Waals surface area contributed by atoms with Gasteiger partial charge in [0.2, 0.25) is 10.0 Å². The van der Waals surface area contributed by atoms with Crippen molar-refractivity contribution < 1.29 is 8.42 Å². The molecule has 2 N–H and O–H groups in total. The van der Waals surface area contributed by atoms with Crippen molar-refractivity contribution in [1.82, 2.24) is 4.31 Å². The third-order valence-corrected chi connectivity index (χ3v) is 7.21. The maximum Gasteiger partial charge on any atom is 0.244 e. The highest BCUT2D eigenvalue weighted by Gasteiger charge is 2.37. The van der Waals surface area contributed by atoms with Gasteiger partial charge in [0.25, 0.3) is 0 Å². The average molecular weight is 426 g/mol. The summed E-state index contributed by atoms with van der Waals surface area (Å²) in [4.78, 5) is 0.299. The maximum atomic E-state index is 12.9. The Morgan fingerprint density at radius 1 is 1.35 bits per heavy atom. The van der Waals surface area contributed by atoms with E-state index in [1.165, 1.54) is 0 Å². The second-order valence-electron chi connectivity index (χ2n) is 5.08. The number of nitrogens with two attached hydrogens (primary N) is 1. The van der Waals surface area contributed by atoms with Gasteiger partial charge in [0.05, 0.1) is 4.90 Å². The number of rotatable bonds is 3. The van der Waals surface area contributed by atoms with Crippen LogP contribution in [0.25, 0.3) is 0 Å². The lowest BCUT2D eigenvalue weighted by Crippen LogP contribution is -2.51. The van der Waals surface area contributed by atoms with Gasteiger partial charge in [-0.15, -0.1) is 0 Å². The third-order valence-electron chi connectivity index (χ3n) is 3.68. The van der Waals surface area contributed by atoms with Gasteiger partial charge in [0.1, 0.15) is 0 Å². The van der Waals surface area contributed by atoms with Gasteiger partial charge in [-0.1, -0.05) is 22.4 Å². The Labute approximate surface area is 137 Å². The first-order chi connectivity index (χ1) is 9.37. The van der Waals surface area contributed by atoms with Crippen LogP contribution in [0.15, 0.2) is 32.0 Å². The molecule has 0 amide bonds. The van der Waals surface area contributed by atoms with Crippen molar-refractivity contribution in [3.8, 4) is 0 Å². The van der Waals surface area contributed by atoms with Crippen LogP contribution in [0.5, 0.6) is 0 Å². The van der Waals surface area contributed by atoms with Gasteiger partial charge in [-0.2, -0.15) is 4.31 Å². The quantitative estimate of drug-likeness (QED) is 0.809. The van der Waals surface area contributed by atoms with E-state index < -0.39 is 10.0 Å². The van der Waals surface area contributed by atoms with Crippen LogP contribution < -0.4 is 5.73 Å². The molecule has 1 fully saturated rings. The molecule has 0 saturated carbocycles. The van der Waals surface area contributed by atoms with Gasteiger partial charge in [-0.05, 0) is 53.9 Å². The van der Waals surface area contributed by atoms with Gasteiger partial charge >= 0.3 is 0 Å². The number of hydrogen-bond donors (Lipinski definition) is 1. The molecule has 1 aromatic rings. The average Bonchev–Trinajstić information content (AvgIpc) is 2.37. The lowest BCUT2D eigenvalue weighted by Gasteiger charge is -2.39. The molecule has 1 saturated heterocycles. The van der Waals surface area contributed by atoms with Gasteiger partial charge in [0, 0.05) is 27.6 Å². The SMILES string of the molecule is CC1CCCC(CN)N1S(=O)(=O)c1ccc(Br)cc1Br. The normalized spacial score (nSPS) is 24.8. The summed E-state index contributed by atoms with van der Waals surface area (Å²) in [6.45, 7) is 2.31. The molecule has 1 aromatic carbocycles. The second kappa shape index (κ2) is 6.44. The minimum atomic E-state index is -3.53. The highest BCUT2D eigenvalue weighted by Crippen LogP contribution is 2.33. The zero-order valence-electron chi connectivity index (χ0n) is 11.2. The van der Waals surface area contributed by atoms with E-state index in [9.17, 15) is 8.42 Å². The number of piperidine rings is 1. The molecule has 0 aromatic heterocycles. The Kier molecular flexibility index (Phi) is 5.29. The van der Waals surface area contributed by atoms with Crippen LogP contribution >= 0.6 is 31.9 Å². The van der Waals surface area contributed by atoms with Gasteiger partial charge in [-0.25, -0.2) is 8.42 Å². The third kappa shape index (κ3) is 3.11. The molecular formula is C13H18Br2N2O2S. The fourth-order valence-electron chi connectivity index (χ4n) is 2.72. The molecule has 2 atom stereocenters. The summed E-state index contributed by atoms with van der Waals surface area (Å²) in [5.74, 6) is 0. The Hall–Kier alpha value is 0.0500. The monoisotopic (exact) mass is 424 g/mol. The first-order valence-electron chi connectivity index (χ1n) is 6.56. The van der Waals surface area contributed by atoms with E-state index in [0.717, 1.165) is 23.7 Å². The zero-order valence-corrected chi connectivity index (χ0v) is 15.2. The fourth-order valence-corrected chi connectivity index (χ4v) is 6.31. The molecule has 0 radical (unpaired) electrons. The van der Waals surface area contributed by atoms with Crippen molar-refractivity contribution in [2.45, 2.75) is 43.2 Å². The van der Waals surface area contributed by atoms with Gasteiger partial charge in [0.15, 0.2) is 0 Å². The smallest absolute Gasteiger partial charge is 0.244 e. The number of halogens is 2. The van der Waals surface area contributed by atoms with Crippen LogP contribution in [-0.2, 0) is 10.0 Å². The van der Waals surface area contributed by atoms with E-state index in [2.05, 4.69) is 31.9 Å². The molecular weight excluding hydrogens is 408 g/mol. The molecule has 1 heterocycles. The van der Waals surface area contributed by atoms with Crippen LogP contribution in [-0.4, -0.2) is 31.4 Å². The first kappa shape index (κ1) is 16.4. The van der Waals surface area contributed by atoms with Crippen molar-refractivity contribution in [3.05, 3.63) is 27.1 Å². The molecule has 2 rings (SSSR count). The summed E-state index contributed by atoms with van der Waals surface area (Å²) in [6.07, 6.45) is 2.73. The minimum Gasteiger partial charge on any atom is -0.329 e. The summed E-state index contributed by atoms with van der Waals surface area (Å²) >= 11 is 6.68. The highest BCUT2D eigenvalue weighted by molar-refractivity contribution is 9.11. The maximum absolute atomic E-state index is 12.9. The number of hydrogen-bond acceptors (Lipinski definition) is 3. The summed E-state index contributed by atoms with van der Waals surface area (Å²) < 4.78 is 28.8. The van der Waals surface area contributed by atoms with Crippen LogP contribution in [0.3, 0.4) is 0 Å². The van der Waals surface area contributed by atoms with Crippen LogP contribution in [0.1, 0.15) is 26.2 Å². The first-order valence-corrected chi connectivity index (χ1v) is 9.59. The van der Waals surface area contributed by atoms with E-state index in [0.29, 0.717) is 15.9 Å². The van der Waals surface area contributed by atoms with E-state index in [-0.39, 0.29) is 12.1 Å². The molecule has 0 bridgehead atoms. The number of nitrogens with zero attached hydrogens (tertiary/aromatic N) is 1. The van der Waals surface area contributed by atoms with Crippen molar-refractivity contribution in [3.63, 3.8) is 0 Å². The zero-order chi connectivity index (χ0) is 14.9. The fraction of sp³-hybridized carbons (Fsp3) is 0.538. The lowest BCUT2D eigenvalue weighted by molar-refractivity contribution is 0.196. The lowest BCUT2D eigenvalue weighted by atomic mass is 10.00. The molecule has 0 aliphatic carbocycles. The largest absolute Gasteiger partial charge is 0.329 e. The van der Waals surface area contributed by atoms with Crippen molar-refractivity contribution >= 4 is 41.9 Å². The number of benzene rings is 1. The predicted octanol–water partition coefficient (Wildman–Crippen LogP) is 3.10. The van der Waals surface area contributed by atoms with Crippen molar-refractivity contribution in [2.75, 3.05) is 6.54 Å². The van der Waals surface area contributed by atoms with E-state index in [4.69, 9.17) is 5.73 Å². The van der Waals surface area contributed by atoms with Crippen molar-refractivity contribution in [2.24, 2.45) is 5.73 Å². The second-order valence-corrected chi connectivity index (χ2v) is 8.66. The summed E-state index contributed by atoms with van der Waals surface area (Å²) in [7, 11) is -3.53. The summed E-state index contributed by atoms with van der Waals surface area (Å²) in [5.41, 5.74) is 5.77. The van der Waals surface area contributed by atoms with E-state index in [1.54, 1.807) is 22.5 Å². The topological polar surface area (TPSA) is 63.4 Å². The van der Waals surface area contributed by atoms with Crippen LogP contribution in [0.4, 0.5) is 0 Å². The molecule has 1 aliphatic heterocycles. The highest BCUT2D eigenvalue weighted by atomic mass is 79.9. The van der Waals surface area contributed by atoms with E-state index >= 15 is 0 Å². The van der Waals surface area contributed by atoms with Crippen molar-refractivity contribution in [1.29, 1.82) is 0 Å². The van der Waals surface area contributed by atoms with Crippen LogP contribution in [0, 0.1) is 0 Å². The summed E-state index contributed by atoms with van der Waals surface area (Å²) in [5, 5.41) is 0. The molecule has 4 nitrogen and oxygen atoms in total. The van der Waals surface area contributed by atoms with Crippen LogP contribution in [0.2, 0.25) is 0 Å². The van der Waals surface area contributed by atoms with E-state index in [1.807, 2.05) is 6.92 Å². The predicted molar refractivity (Wildman–Crippen MR) is 87.0 cm³/mol. The van der Waals surface area contributed by atoms with Gasteiger partial charge < -0.3 is 5.73 Å². The Bertz CT molecular complexity index is 592. The molecule has 2 unspecified atom stereocenters. The summed E-state index contributed by atoms with van der Waals surface area (Å²) in [6, 6.07) is 4.98. The standard InChI is InChI=1S/C13H18Br2N2O2S/c1-9-3-2-4-11(8-16)17(9)20(18,19)13-6-5-10(14)7-12(13)15/h5-7,9,11H,2-4,8,16H2,1H3. The Morgan fingerprint density at radius 3 is 2.65 bits per heavy atom. The molecule has 20 heavy (non-hydrogen) atoms. The van der Waals surface area contributed by atoms with Gasteiger partial charge in [-0.3, -0.25) is 0 Å². The molecule has 7 heteroatoms. The minimum absolute atomic E-state index is 0.0159. The Balaban J connectivity index is 2.47. The molecule has 0 spiro atoms. The Morgan fingerprint density at radius 2 is 2.05 bits per heavy atom. The molecule has 112 valence electrons.